The maximum Gasteiger partial charge on any atom is 0.272 e. The van der Waals surface area contributed by atoms with Crippen LogP contribution >= 0.6 is 0 Å². The van der Waals surface area contributed by atoms with E-state index in [-0.39, 0.29) is 18.5 Å². The highest BCUT2D eigenvalue weighted by molar-refractivity contribution is 4.81. The number of hydrogen-bond donors (Lipinski definition) is 1. The third kappa shape index (κ3) is 3.03. The van der Waals surface area contributed by atoms with Crippen LogP contribution in [0.2, 0.25) is 0 Å². The highest BCUT2D eigenvalue weighted by Gasteiger charge is 2.37. The van der Waals surface area contributed by atoms with Crippen molar-refractivity contribution >= 4 is 0 Å². The summed E-state index contributed by atoms with van der Waals surface area (Å²) < 4.78 is 30.3. The Balaban J connectivity index is 2.36. The van der Waals surface area contributed by atoms with Crippen molar-refractivity contribution in [3.05, 3.63) is 0 Å². The monoisotopic (exact) mass is 179 g/mol. The van der Waals surface area contributed by atoms with Gasteiger partial charge in [-0.3, -0.25) is 0 Å². The zero-order valence-corrected chi connectivity index (χ0v) is 7.44. The third-order valence-electron chi connectivity index (χ3n) is 1.75. The van der Waals surface area contributed by atoms with Gasteiger partial charge in [0, 0.05) is 18.5 Å². The van der Waals surface area contributed by atoms with E-state index in [0.717, 1.165) is 0 Å². The molecule has 2 nitrogen and oxygen atoms in total. The van der Waals surface area contributed by atoms with Crippen molar-refractivity contribution in [3.8, 4) is 0 Å². The minimum atomic E-state index is -2.65. The molecular weight excluding hydrogens is 164 g/mol. The van der Waals surface area contributed by atoms with E-state index in [1.54, 1.807) is 0 Å². The van der Waals surface area contributed by atoms with Gasteiger partial charge in [-0.15, -0.1) is 0 Å². The first-order valence-corrected chi connectivity index (χ1v) is 4.21. The van der Waals surface area contributed by atoms with Gasteiger partial charge >= 0.3 is 0 Å². The topological polar surface area (TPSA) is 21.3 Å². The van der Waals surface area contributed by atoms with Crippen molar-refractivity contribution in [1.82, 2.24) is 5.32 Å². The molecule has 4 heteroatoms. The van der Waals surface area contributed by atoms with E-state index in [2.05, 4.69) is 5.32 Å². The first-order chi connectivity index (χ1) is 5.49. The highest BCUT2D eigenvalue weighted by atomic mass is 19.3. The quantitative estimate of drug-likeness (QED) is 0.692. The SMILES string of the molecule is CC(C)NC1COCC(F)(F)C1. The molecular formula is C8H15F2NO. The lowest BCUT2D eigenvalue weighted by Gasteiger charge is -2.30. The Hall–Kier alpha value is -0.220. The van der Waals surface area contributed by atoms with Crippen LogP contribution in [-0.4, -0.2) is 31.2 Å². The van der Waals surface area contributed by atoms with Crippen molar-refractivity contribution in [1.29, 1.82) is 0 Å². The van der Waals surface area contributed by atoms with Crippen molar-refractivity contribution < 1.29 is 13.5 Å². The standard InChI is InChI=1S/C8H15F2NO/c1-6(2)11-7-3-8(9,10)5-12-4-7/h6-7,11H,3-5H2,1-2H3. The number of nitrogens with one attached hydrogen (secondary N) is 1. The number of halogens is 2. The van der Waals surface area contributed by atoms with E-state index >= 15 is 0 Å². The summed E-state index contributed by atoms with van der Waals surface area (Å²) in [6.07, 6.45) is -0.106. The maximum atomic E-state index is 12.7. The van der Waals surface area contributed by atoms with Crippen LogP contribution in [0.1, 0.15) is 20.3 Å². The van der Waals surface area contributed by atoms with Crippen LogP contribution in [0.4, 0.5) is 8.78 Å². The van der Waals surface area contributed by atoms with Crippen LogP contribution in [-0.2, 0) is 4.74 Å². The fourth-order valence-electron chi connectivity index (χ4n) is 1.41. The number of rotatable bonds is 2. The fourth-order valence-corrected chi connectivity index (χ4v) is 1.41. The van der Waals surface area contributed by atoms with Gasteiger partial charge in [0.15, 0.2) is 0 Å². The minimum absolute atomic E-state index is 0.106. The summed E-state index contributed by atoms with van der Waals surface area (Å²) in [6.45, 7) is 3.84. The van der Waals surface area contributed by atoms with Gasteiger partial charge in [-0.25, -0.2) is 8.78 Å². The van der Waals surface area contributed by atoms with Crippen LogP contribution in [0.25, 0.3) is 0 Å². The van der Waals surface area contributed by atoms with Gasteiger partial charge in [-0.1, -0.05) is 13.8 Å². The summed E-state index contributed by atoms with van der Waals surface area (Å²) in [5.74, 6) is -2.65. The minimum Gasteiger partial charge on any atom is -0.374 e. The number of ether oxygens (including phenoxy) is 1. The van der Waals surface area contributed by atoms with Crippen molar-refractivity contribution in [3.63, 3.8) is 0 Å². The molecule has 0 radical (unpaired) electrons. The van der Waals surface area contributed by atoms with Gasteiger partial charge in [0.2, 0.25) is 0 Å². The molecule has 1 aliphatic heterocycles. The normalized spacial score (nSPS) is 29.2. The van der Waals surface area contributed by atoms with E-state index in [0.29, 0.717) is 6.61 Å². The molecule has 0 aromatic rings. The summed E-state index contributed by atoms with van der Waals surface area (Å²) in [5, 5.41) is 3.03. The smallest absolute Gasteiger partial charge is 0.272 e. The van der Waals surface area contributed by atoms with Crippen LogP contribution in [0.15, 0.2) is 0 Å². The molecule has 1 unspecified atom stereocenters. The molecule has 0 saturated carbocycles. The molecule has 72 valence electrons. The zero-order chi connectivity index (χ0) is 9.19. The third-order valence-corrected chi connectivity index (χ3v) is 1.75. The molecule has 1 heterocycles. The predicted octanol–water partition coefficient (Wildman–Crippen LogP) is 1.41. The van der Waals surface area contributed by atoms with E-state index in [1.807, 2.05) is 13.8 Å². The first kappa shape index (κ1) is 9.86. The second kappa shape index (κ2) is 3.66. The molecule has 0 aromatic heterocycles. The molecule has 1 atom stereocenters. The molecule has 12 heavy (non-hydrogen) atoms. The van der Waals surface area contributed by atoms with E-state index in [9.17, 15) is 8.78 Å². The Morgan fingerprint density at radius 1 is 1.50 bits per heavy atom. The predicted molar refractivity (Wildman–Crippen MR) is 42.4 cm³/mol. The molecule has 1 fully saturated rings. The van der Waals surface area contributed by atoms with Gasteiger partial charge in [0.25, 0.3) is 5.92 Å². The fraction of sp³-hybridized carbons (Fsp3) is 1.00. The Kier molecular flexibility index (Phi) is 3.01. The van der Waals surface area contributed by atoms with Gasteiger partial charge in [0.05, 0.1) is 6.61 Å². The lowest BCUT2D eigenvalue weighted by atomic mass is 10.1. The van der Waals surface area contributed by atoms with Crippen LogP contribution < -0.4 is 5.32 Å². The second-order valence-electron chi connectivity index (χ2n) is 3.59. The average molecular weight is 179 g/mol. The van der Waals surface area contributed by atoms with Crippen molar-refractivity contribution in [2.75, 3.05) is 13.2 Å². The summed E-state index contributed by atoms with van der Waals surface area (Å²) in [7, 11) is 0. The van der Waals surface area contributed by atoms with Gasteiger partial charge in [-0.05, 0) is 0 Å². The largest absolute Gasteiger partial charge is 0.374 e. The lowest BCUT2D eigenvalue weighted by molar-refractivity contribution is -0.126. The summed E-state index contributed by atoms with van der Waals surface area (Å²) in [5.41, 5.74) is 0. The Morgan fingerprint density at radius 2 is 2.17 bits per heavy atom. The van der Waals surface area contributed by atoms with E-state index in [4.69, 9.17) is 4.74 Å². The Morgan fingerprint density at radius 3 is 2.67 bits per heavy atom. The van der Waals surface area contributed by atoms with Crippen LogP contribution in [0.5, 0.6) is 0 Å². The molecule has 0 amide bonds. The Bertz CT molecular complexity index is 150. The molecule has 0 aromatic carbocycles. The van der Waals surface area contributed by atoms with Crippen molar-refractivity contribution in [2.24, 2.45) is 0 Å². The second-order valence-corrected chi connectivity index (χ2v) is 3.59. The molecule has 1 rings (SSSR count). The summed E-state index contributed by atoms with van der Waals surface area (Å²) >= 11 is 0. The lowest BCUT2D eigenvalue weighted by Crippen LogP contribution is -2.47. The number of hydrogen-bond acceptors (Lipinski definition) is 2. The molecule has 1 N–H and O–H groups in total. The molecule has 0 spiro atoms. The molecule has 1 saturated heterocycles. The Labute approximate surface area is 71.3 Å². The van der Waals surface area contributed by atoms with E-state index < -0.39 is 12.5 Å². The van der Waals surface area contributed by atoms with Gasteiger partial charge < -0.3 is 10.1 Å². The van der Waals surface area contributed by atoms with Gasteiger partial charge in [0.1, 0.15) is 6.61 Å². The van der Waals surface area contributed by atoms with Gasteiger partial charge in [-0.2, -0.15) is 0 Å². The number of alkyl halides is 2. The first-order valence-electron chi connectivity index (χ1n) is 4.21. The molecule has 0 bridgehead atoms. The maximum absolute atomic E-state index is 12.7. The van der Waals surface area contributed by atoms with Crippen molar-refractivity contribution in [2.45, 2.75) is 38.3 Å². The summed E-state index contributed by atoms with van der Waals surface area (Å²) in [4.78, 5) is 0. The highest BCUT2D eigenvalue weighted by Crippen LogP contribution is 2.25. The van der Waals surface area contributed by atoms with Crippen LogP contribution in [0.3, 0.4) is 0 Å². The average Bonchev–Trinajstić information content (AvgIpc) is 1.82. The summed E-state index contributed by atoms with van der Waals surface area (Å²) in [6, 6.07) is 0.0289. The molecule has 0 aliphatic carbocycles. The molecule has 1 aliphatic rings. The zero-order valence-electron chi connectivity index (χ0n) is 7.44. The van der Waals surface area contributed by atoms with Crippen LogP contribution in [0, 0.1) is 0 Å². The van der Waals surface area contributed by atoms with E-state index in [1.165, 1.54) is 0 Å².